The fourth-order valence-electron chi connectivity index (χ4n) is 5.07. The molecule has 1 amide bonds. The average molecular weight is 632 g/mol. The zero-order chi connectivity index (χ0) is 32.1. The summed E-state index contributed by atoms with van der Waals surface area (Å²) in [6.45, 7) is 6.15. The monoisotopic (exact) mass is 631 g/mol. The van der Waals surface area contributed by atoms with Gasteiger partial charge in [-0.25, -0.2) is 19.2 Å². The number of nitrogens with one attached hydrogen (secondary N) is 2. The highest BCUT2D eigenvalue weighted by molar-refractivity contribution is 6.31. The number of aromatic nitrogens is 2. The highest BCUT2D eigenvalue weighted by atomic mass is 35.5. The Hall–Kier alpha value is -3.90. The summed E-state index contributed by atoms with van der Waals surface area (Å²) >= 11 is 5.96. The van der Waals surface area contributed by atoms with Crippen LogP contribution in [0.5, 0.6) is 11.5 Å². The van der Waals surface area contributed by atoms with Gasteiger partial charge in [0.2, 0.25) is 0 Å². The number of anilines is 2. The molecular weight excluding hydrogens is 593 g/mol. The number of ether oxygens (including phenoxy) is 4. The van der Waals surface area contributed by atoms with E-state index >= 15 is 0 Å². The van der Waals surface area contributed by atoms with Crippen molar-refractivity contribution in [3.63, 3.8) is 0 Å². The van der Waals surface area contributed by atoms with Gasteiger partial charge in [0, 0.05) is 31.6 Å². The Labute approximate surface area is 261 Å². The van der Waals surface area contributed by atoms with Crippen LogP contribution in [0.3, 0.4) is 0 Å². The lowest BCUT2D eigenvalue weighted by Crippen LogP contribution is -2.57. The lowest BCUT2D eigenvalue weighted by molar-refractivity contribution is -0.151. The maximum absolute atomic E-state index is 14.6. The number of hydrogen-bond donors (Lipinski definition) is 2. The molecule has 11 nitrogen and oxygen atoms in total. The van der Waals surface area contributed by atoms with Crippen LogP contribution in [-0.4, -0.2) is 78.5 Å². The third-order valence-electron chi connectivity index (χ3n) is 7.40. The number of benzene rings is 2. The molecule has 0 saturated heterocycles. The predicted molar refractivity (Wildman–Crippen MR) is 165 cm³/mol. The Morgan fingerprint density at radius 2 is 1.86 bits per heavy atom. The highest BCUT2D eigenvalue weighted by Crippen LogP contribution is 2.39. The van der Waals surface area contributed by atoms with E-state index in [1.54, 1.807) is 31.3 Å². The van der Waals surface area contributed by atoms with E-state index in [1.807, 2.05) is 20.8 Å². The van der Waals surface area contributed by atoms with Gasteiger partial charge in [0.1, 0.15) is 23.3 Å². The van der Waals surface area contributed by atoms with Gasteiger partial charge in [-0.05, 0) is 64.7 Å². The number of amides is 1. The second kappa shape index (κ2) is 13.8. The molecule has 1 aliphatic rings. The number of likely N-dealkylation sites (N-methyl/N-ethyl adjacent to an activating group) is 1. The number of esters is 1. The van der Waals surface area contributed by atoms with Gasteiger partial charge in [-0.1, -0.05) is 17.7 Å². The van der Waals surface area contributed by atoms with E-state index in [9.17, 15) is 14.0 Å². The summed E-state index contributed by atoms with van der Waals surface area (Å²) in [5, 5.41) is 6.92. The van der Waals surface area contributed by atoms with E-state index in [2.05, 4.69) is 20.6 Å². The van der Waals surface area contributed by atoms with Crippen LogP contribution < -0.4 is 20.1 Å². The number of carbonyl (C=O) groups is 2. The van der Waals surface area contributed by atoms with Crippen molar-refractivity contribution in [2.75, 3.05) is 39.7 Å². The molecule has 0 radical (unpaired) electrons. The predicted octanol–water partition coefficient (Wildman–Crippen LogP) is 5.86. The molecule has 44 heavy (non-hydrogen) atoms. The first-order valence-corrected chi connectivity index (χ1v) is 14.7. The van der Waals surface area contributed by atoms with Gasteiger partial charge in [-0.3, -0.25) is 4.79 Å². The van der Waals surface area contributed by atoms with Gasteiger partial charge in [-0.15, -0.1) is 0 Å². The Morgan fingerprint density at radius 3 is 2.52 bits per heavy atom. The molecule has 1 saturated carbocycles. The Balaban J connectivity index is 1.46. The van der Waals surface area contributed by atoms with Gasteiger partial charge in [0.25, 0.3) is 0 Å². The molecule has 0 aliphatic heterocycles. The van der Waals surface area contributed by atoms with E-state index in [0.717, 1.165) is 0 Å². The highest BCUT2D eigenvalue weighted by Gasteiger charge is 2.43. The lowest BCUT2D eigenvalue weighted by atomic mass is 9.80. The number of nitrogens with zero attached hydrogens (tertiary/aromatic N) is 3. The van der Waals surface area contributed by atoms with Crippen LogP contribution in [0.4, 0.5) is 20.7 Å². The van der Waals surface area contributed by atoms with Crippen molar-refractivity contribution >= 4 is 46.1 Å². The third-order valence-corrected chi connectivity index (χ3v) is 7.69. The van der Waals surface area contributed by atoms with Crippen LogP contribution in [0.25, 0.3) is 10.9 Å². The normalized spacial score (nSPS) is 18.4. The molecule has 1 heterocycles. The quantitative estimate of drug-likeness (QED) is 0.263. The minimum atomic E-state index is -0.914. The molecule has 3 aromatic rings. The maximum Gasteiger partial charge on any atom is 0.410 e. The molecule has 0 atom stereocenters. The van der Waals surface area contributed by atoms with Gasteiger partial charge in [0.15, 0.2) is 17.3 Å². The van der Waals surface area contributed by atoms with E-state index in [-0.39, 0.29) is 22.8 Å². The number of rotatable bonds is 10. The fraction of sp³-hybridized carbons (Fsp3) is 0.484. The van der Waals surface area contributed by atoms with E-state index < -0.39 is 23.1 Å². The minimum absolute atomic E-state index is 0.0102. The smallest absolute Gasteiger partial charge is 0.410 e. The van der Waals surface area contributed by atoms with E-state index in [0.29, 0.717) is 67.0 Å². The Morgan fingerprint density at radius 1 is 1.14 bits per heavy atom. The lowest BCUT2D eigenvalue weighted by Gasteiger charge is -2.39. The first kappa shape index (κ1) is 33.0. The molecule has 1 aliphatic carbocycles. The van der Waals surface area contributed by atoms with Gasteiger partial charge in [-0.2, -0.15) is 0 Å². The second-order valence-electron chi connectivity index (χ2n) is 11.7. The summed E-state index contributed by atoms with van der Waals surface area (Å²) in [7, 11) is 4.56. The van der Waals surface area contributed by atoms with Crippen molar-refractivity contribution in [3.8, 4) is 11.5 Å². The molecule has 1 fully saturated rings. The first-order chi connectivity index (χ1) is 20.9. The van der Waals surface area contributed by atoms with Crippen LogP contribution in [0.15, 0.2) is 36.7 Å². The number of carbonyl (C=O) groups excluding carboxylic acids is 2. The summed E-state index contributed by atoms with van der Waals surface area (Å²) in [4.78, 5) is 35.4. The number of halogens is 2. The molecule has 0 unspecified atom stereocenters. The van der Waals surface area contributed by atoms with Crippen molar-refractivity contribution in [3.05, 3.63) is 47.5 Å². The maximum atomic E-state index is 14.6. The number of hydrogen-bond acceptors (Lipinski definition) is 10. The van der Waals surface area contributed by atoms with Crippen molar-refractivity contribution in [2.24, 2.45) is 0 Å². The van der Waals surface area contributed by atoms with Gasteiger partial charge < -0.3 is 34.5 Å². The van der Waals surface area contributed by atoms with Crippen LogP contribution >= 0.6 is 11.6 Å². The second-order valence-corrected chi connectivity index (χ2v) is 12.1. The van der Waals surface area contributed by atoms with Crippen LogP contribution in [0.1, 0.15) is 46.5 Å². The molecule has 0 bridgehead atoms. The SMILES string of the molecule is COC(=O)C1(NCCN(C)C(=O)OC(C)(C)C)CCC(Oc2cc3c(Nc4cccc(Cl)c4F)ncnc3cc2OC)CC1. The topological polar surface area (TPSA) is 124 Å². The van der Waals surface area contributed by atoms with Gasteiger partial charge in [0.05, 0.1) is 36.6 Å². The molecule has 0 spiro atoms. The standard InChI is InChI=1S/C31H39ClFN5O6/c1-30(2,3)44-29(40)38(4)15-14-36-31(28(39)42-6)12-10-19(11-13-31)43-25-16-20-23(17-24(25)41-5)34-18-35-27(20)37-22-9-7-8-21(32)26(22)33/h7-9,16-19,36H,10-15H2,1-6H3,(H,34,35,37). The molecule has 1 aromatic heterocycles. The third kappa shape index (κ3) is 7.78. The Kier molecular flexibility index (Phi) is 10.4. The largest absolute Gasteiger partial charge is 0.493 e. The van der Waals surface area contributed by atoms with E-state index in [1.165, 1.54) is 31.5 Å². The fourth-order valence-corrected chi connectivity index (χ4v) is 5.24. The molecule has 2 aromatic carbocycles. The van der Waals surface area contributed by atoms with Crippen molar-refractivity contribution in [1.29, 1.82) is 0 Å². The average Bonchev–Trinajstić information content (AvgIpc) is 2.99. The molecule has 13 heteroatoms. The Bertz CT molecular complexity index is 1490. The minimum Gasteiger partial charge on any atom is -0.493 e. The van der Waals surface area contributed by atoms with Crippen LogP contribution in [0.2, 0.25) is 5.02 Å². The summed E-state index contributed by atoms with van der Waals surface area (Å²) < 4.78 is 37.2. The van der Waals surface area contributed by atoms with Gasteiger partial charge >= 0.3 is 12.1 Å². The van der Waals surface area contributed by atoms with E-state index in [4.69, 9.17) is 30.5 Å². The molecule has 238 valence electrons. The van der Waals surface area contributed by atoms with Crippen molar-refractivity contribution < 1.29 is 32.9 Å². The molecule has 4 rings (SSSR count). The number of methoxy groups -OCH3 is 2. The van der Waals surface area contributed by atoms with Crippen LogP contribution in [-0.2, 0) is 14.3 Å². The van der Waals surface area contributed by atoms with Crippen molar-refractivity contribution in [1.82, 2.24) is 20.2 Å². The molecule has 2 N–H and O–H groups in total. The summed E-state index contributed by atoms with van der Waals surface area (Å²) in [6.07, 6.45) is 2.73. The van der Waals surface area contributed by atoms with Crippen LogP contribution in [0, 0.1) is 5.82 Å². The zero-order valence-corrected chi connectivity index (χ0v) is 26.6. The summed E-state index contributed by atoms with van der Waals surface area (Å²) in [6, 6.07) is 8.16. The summed E-state index contributed by atoms with van der Waals surface area (Å²) in [5.41, 5.74) is -0.768. The van der Waals surface area contributed by atoms with Crippen molar-refractivity contribution in [2.45, 2.75) is 63.7 Å². The number of fused-ring (bicyclic) bond motifs is 1. The summed E-state index contributed by atoms with van der Waals surface area (Å²) in [5.74, 6) is 0.362. The first-order valence-electron chi connectivity index (χ1n) is 14.3. The molecular formula is C31H39ClFN5O6. The zero-order valence-electron chi connectivity index (χ0n) is 25.8.